The van der Waals surface area contributed by atoms with E-state index in [1.807, 2.05) is 26.0 Å². The minimum Gasteiger partial charge on any atom is -0.454 e. The van der Waals surface area contributed by atoms with E-state index in [1.54, 1.807) is 24.3 Å². The van der Waals surface area contributed by atoms with Crippen LogP contribution in [0, 0.1) is 11.8 Å². The van der Waals surface area contributed by atoms with Gasteiger partial charge < -0.3 is 19.1 Å². The molecule has 2 heterocycles. The Morgan fingerprint density at radius 1 is 1.09 bits per heavy atom. The van der Waals surface area contributed by atoms with Crippen LogP contribution in [0.25, 0.3) is 0 Å². The van der Waals surface area contributed by atoms with E-state index < -0.39 is 15.6 Å². The number of ether oxygens (including phenoxy) is 3. The fraction of sp³-hybridized carbons (Fsp3) is 0.520. The molecular formula is C25H31ClN2O5S. The molecule has 0 spiro atoms. The van der Waals surface area contributed by atoms with Crippen LogP contribution in [0.2, 0.25) is 5.02 Å². The second-order valence-corrected chi connectivity index (χ2v) is 11.9. The second kappa shape index (κ2) is 9.22. The van der Waals surface area contributed by atoms with Gasteiger partial charge in [-0.25, -0.2) is 13.1 Å². The van der Waals surface area contributed by atoms with E-state index in [1.165, 1.54) is 19.3 Å². The molecule has 1 atom stereocenters. The predicted octanol–water partition coefficient (Wildman–Crippen LogP) is 4.54. The van der Waals surface area contributed by atoms with Gasteiger partial charge in [-0.15, -0.1) is 0 Å². The van der Waals surface area contributed by atoms with Crippen LogP contribution in [-0.2, 0) is 20.3 Å². The van der Waals surface area contributed by atoms with E-state index in [0.717, 1.165) is 12.1 Å². The van der Waals surface area contributed by atoms with Gasteiger partial charge in [0.05, 0.1) is 29.5 Å². The predicted molar refractivity (Wildman–Crippen MR) is 131 cm³/mol. The molecule has 34 heavy (non-hydrogen) atoms. The highest BCUT2D eigenvalue weighted by atomic mass is 35.5. The zero-order chi connectivity index (χ0) is 23.9. The van der Waals surface area contributed by atoms with Crippen LogP contribution < -0.4 is 19.1 Å². The summed E-state index contributed by atoms with van der Waals surface area (Å²) in [7, 11) is -3.91. The molecule has 1 aliphatic carbocycles. The molecule has 9 heteroatoms. The quantitative estimate of drug-likeness (QED) is 0.620. The van der Waals surface area contributed by atoms with Crippen molar-refractivity contribution in [2.75, 3.05) is 38.0 Å². The third-order valence-corrected chi connectivity index (χ3v) is 9.14. The summed E-state index contributed by atoms with van der Waals surface area (Å²) in [5, 5.41) is 0.429. The van der Waals surface area contributed by atoms with Gasteiger partial charge in [0, 0.05) is 19.0 Å². The maximum absolute atomic E-state index is 13.8. The highest BCUT2D eigenvalue weighted by molar-refractivity contribution is 7.89. The average Bonchev–Trinajstić information content (AvgIpc) is 3.09. The number of fused-ring (bicyclic) bond motifs is 1. The number of sulfonamides is 1. The van der Waals surface area contributed by atoms with Crippen molar-refractivity contribution >= 4 is 27.3 Å². The van der Waals surface area contributed by atoms with Crippen molar-refractivity contribution in [2.24, 2.45) is 11.8 Å². The van der Waals surface area contributed by atoms with Crippen molar-refractivity contribution in [3.05, 3.63) is 47.0 Å². The van der Waals surface area contributed by atoms with Crippen molar-refractivity contribution < 1.29 is 22.6 Å². The Hall–Kier alpha value is -2.00. The first-order valence-corrected chi connectivity index (χ1v) is 13.7. The van der Waals surface area contributed by atoms with E-state index >= 15 is 0 Å². The Bertz CT molecular complexity index is 1170. The summed E-state index contributed by atoms with van der Waals surface area (Å²) in [5.74, 6) is 2.27. The lowest BCUT2D eigenvalue weighted by Crippen LogP contribution is -2.42. The molecule has 0 bridgehead atoms. The summed E-state index contributed by atoms with van der Waals surface area (Å²) in [6.07, 6.45) is 3.67. The van der Waals surface area contributed by atoms with Crippen LogP contribution in [0.1, 0.15) is 38.7 Å². The number of anilines is 1. The number of nitrogens with one attached hydrogen (secondary N) is 1. The molecule has 0 amide bonds. The second-order valence-electron chi connectivity index (χ2n) is 9.86. The Labute approximate surface area is 206 Å². The Balaban J connectivity index is 1.45. The highest BCUT2D eigenvalue weighted by Crippen LogP contribution is 2.40. The first-order chi connectivity index (χ1) is 16.2. The lowest BCUT2D eigenvalue weighted by molar-refractivity contribution is 0.0784. The number of hydrogen-bond acceptors (Lipinski definition) is 6. The number of benzene rings is 2. The van der Waals surface area contributed by atoms with Crippen molar-refractivity contribution in [1.82, 2.24) is 4.72 Å². The summed E-state index contributed by atoms with van der Waals surface area (Å²) < 4.78 is 47.2. The Morgan fingerprint density at radius 2 is 1.88 bits per heavy atom. The third-order valence-electron chi connectivity index (χ3n) is 7.15. The molecule has 1 saturated heterocycles. The molecule has 1 saturated carbocycles. The minimum absolute atomic E-state index is 0.165. The van der Waals surface area contributed by atoms with Crippen molar-refractivity contribution in [1.29, 1.82) is 0 Å². The van der Waals surface area contributed by atoms with Gasteiger partial charge in [0.15, 0.2) is 11.5 Å². The van der Waals surface area contributed by atoms with Crippen LogP contribution in [0.3, 0.4) is 0 Å². The maximum Gasteiger partial charge on any atom is 0.243 e. The fourth-order valence-corrected chi connectivity index (χ4v) is 6.99. The van der Waals surface area contributed by atoms with Crippen LogP contribution in [0.4, 0.5) is 5.69 Å². The van der Waals surface area contributed by atoms with E-state index in [-0.39, 0.29) is 11.7 Å². The lowest BCUT2D eigenvalue weighted by Gasteiger charge is -2.36. The molecule has 184 valence electrons. The summed E-state index contributed by atoms with van der Waals surface area (Å²) in [6, 6.07) is 10.5. The van der Waals surface area contributed by atoms with Crippen LogP contribution in [0.15, 0.2) is 41.3 Å². The summed E-state index contributed by atoms with van der Waals surface area (Å²) >= 11 is 6.64. The molecule has 0 aromatic heterocycles. The standard InChI is InChI=1S/C25H31ClN2O5S/c1-25(2,19-9-10-21-22(13-19)33-16-32-21)27-34(29,30)23-8-4-7-20(26)24(23)28-11-12-31-15-18(14-28)17-5-3-6-17/h4,7-10,13,17-18,27H,3,5-6,11-12,14-16H2,1-2H3. The van der Waals surface area contributed by atoms with Gasteiger partial charge in [-0.1, -0.05) is 43.0 Å². The Kier molecular flexibility index (Phi) is 6.44. The Morgan fingerprint density at radius 3 is 2.65 bits per heavy atom. The largest absolute Gasteiger partial charge is 0.454 e. The van der Waals surface area contributed by atoms with Crippen LogP contribution in [-0.4, -0.2) is 41.5 Å². The van der Waals surface area contributed by atoms with Crippen molar-refractivity contribution in [3.8, 4) is 11.5 Å². The number of rotatable bonds is 6. The zero-order valence-electron chi connectivity index (χ0n) is 19.6. The monoisotopic (exact) mass is 506 g/mol. The van der Waals surface area contributed by atoms with E-state index in [2.05, 4.69) is 9.62 Å². The van der Waals surface area contributed by atoms with Gasteiger partial charge in [-0.05, 0) is 49.6 Å². The number of para-hydroxylation sites is 1. The third kappa shape index (κ3) is 4.61. The number of halogens is 1. The lowest BCUT2D eigenvalue weighted by atomic mass is 9.76. The SMILES string of the molecule is CC(C)(NS(=O)(=O)c1cccc(Cl)c1N1CCOCC(C2CCC2)C1)c1ccc2c(c1)OCO2. The first-order valence-electron chi connectivity index (χ1n) is 11.8. The van der Waals surface area contributed by atoms with Gasteiger partial charge in [0.1, 0.15) is 4.90 Å². The molecular weight excluding hydrogens is 476 g/mol. The molecule has 2 aliphatic heterocycles. The molecule has 0 radical (unpaired) electrons. The smallest absolute Gasteiger partial charge is 0.243 e. The molecule has 2 aromatic carbocycles. The normalized spacial score (nSPS) is 21.3. The fourth-order valence-electron chi connectivity index (χ4n) is 4.99. The molecule has 1 N–H and O–H groups in total. The van der Waals surface area contributed by atoms with Crippen molar-refractivity contribution in [3.63, 3.8) is 0 Å². The van der Waals surface area contributed by atoms with E-state index in [9.17, 15) is 8.42 Å². The summed E-state index contributed by atoms with van der Waals surface area (Å²) in [4.78, 5) is 2.28. The summed E-state index contributed by atoms with van der Waals surface area (Å²) in [6.45, 7) is 6.42. The molecule has 5 rings (SSSR count). The van der Waals surface area contributed by atoms with Gasteiger partial charge in [-0.3, -0.25) is 0 Å². The van der Waals surface area contributed by atoms with E-state index in [4.69, 9.17) is 25.8 Å². The zero-order valence-corrected chi connectivity index (χ0v) is 21.1. The summed E-state index contributed by atoms with van der Waals surface area (Å²) in [5.41, 5.74) is 0.431. The average molecular weight is 507 g/mol. The van der Waals surface area contributed by atoms with Crippen molar-refractivity contribution in [2.45, 2.75) is 43.5 Å². The highest BCUT2D eigenvalue weighted by Gasteiger charge is 2.35. The molecule has 2 fully saturated rings. The minimum atomic E-state index is -3.91. The topological polar surface area (TPSA) is 77.1 Å². The van der Waals surface area contributed by atoms with Gasteiger partial charge in [0.2, 0.25) is 16.8 Å². The van der Waals surface area contributed by atoms with Gasteiger partial charge in [-0.2, -0.15) is 0 Å². The van der Waals surface area contributed by atoms with Gasteiger partial charge >= 0.3 is 0 Å². The molecule has 3 aliphatic rings. The first kappa shape index (κ1) is 23.7. The number of hydrogen-bond donors (Lipinski definition) is 1. The molecule has 2 aromatic rings. The maximum atomic E-state index is 13.8. The van der Waals surface area contributed by atoms with Crippen LogP contribution in [0.5, 0.6) is 11.5 Å². The van der Waals surface area contributed by atoms with Crippen LogP contribution >= 0.6 is 11.6 Å². The molecule has 7 nitrogen and oxygen atoms in total. The van der Waals surface area contributed by atoms with E-state index in [0.29, 0.717) is 53.8 Å². The number of nitrogens with zero attached hydrogens (tertiary/aromatic N) is 1. The van der Waals surface area contributed by atoms with Gasteiger partial charge in [0.25, 0.3) is 0 Å². The molecule has 1 unspecified atom stereocenters.